The van der Waals surface area contributed by atoms with Crippen molar-refractivity contribution in [2.75, 3.05) is 20.6 Å². The first kappa shape index (κ1) is 17.1. The van der Waals surface area contributed by atoms with Gasteiger partial charge in [-0.05, 0) is 31.8 Å². The van der Waals surface area contributed by atoms with Crippen molar-refractivity contribution in [2.45, 2.75) is 19.6 Å². The van der Waals surface area contributed by atoms with Gasteiger partial charge in [-0.25, -0.2) is 9.37 Å². The van der Waals surface area contributed by atoms with E-state index in [2.05, 4.69) is 10.3 Å². The standard InChI is InChI=1S/C17H19FN4O3/c1-21(2)10-15(23)22-8-13-14(9-22)25-17(20-13)16(24)19-7-11-4-3-5-12(18)6-11/h3-6H,7-10H2,1-2H3,(H,19,24). The first-order valence-corrected chi connectivity index (χ1v) is 7.86. The molecule has 1 N–H and O–H groups in total. The first-order chi connectivity index (χ1) is 11.9. The summed E-state index contributed by atoms with van der Waals surface area (Å²) in [5.41, 5.74) is 1.25. The third-order valence-corrected chi connectivity index (χ3v) is 3.79. The third kappa shape index (κ3) is 4.03. The van der Waals surface area contributed by atoms with Gasteiger partial charge in [-0.3, -0.25) is 9.59 Å². The van der Waals surface area contributed by atoms with E-state index in [1.807, 2.05) is 14.1 Å². The molecule has 0 radical (unpaired) electrons. The lowest BCUT2D eigenvalue weighted by Crippen LogP contribution is -2.34. The number of benzene rings is 1. The van der Waals surface area contributed by atoms with E-state index in [4.69, 9.17) is 4.42 Å². The zero-order valence-corrected chi connectivity index (χ0v) is 14.1. The number of carbonyl (C=O) groups excluding carboxylic acids is 2. The van der Waals surface area contributed by atoms with E-state index in [-0.39, 0.29) is 24.2 Å². The summed E-state index contributed by atoms with van der Waals surface area (Å²) in [6.45, 7) is 1.14. The number of hydrogen-bond donors (Lipinski definition) is 1. The second-order valence-corrected chi connectivity index (χ2v) is 6.19. The highest BCUT2D eigenvalue weighted by Crippen LogP contribution is 2.23. The van der Waals surface area contributed by atoms with Crippen LogP contribution in [-0.4, -0.2) is 47.2 Å². The topological polar surface area (TPSA) is 78.7 Å². The Bertz CT molecular complexity index is 779. The summed E-state index contributed by atoms with van der Waals surface area (Å²) >= 11 is 0. The molecule has 2 heterocycles. The van der Waals surface area contributed by atoms with Crippen LogP contribution in [-0.2, 0) is 24.4 Å². The molecule has 3 rings (SSSR count). The first-order valence-electron chi connectivity index (χ1n) is 7.86. The van der Waals surface area contributed by atoms with Crippen molar-refractivity contribution in [1.29, 1.82) is 0 Å². The summed E-state index contributed by atoms with van der Waals surface area (Å²) in [6.07, 6.45) is 0. The maximum Gasteiger partial charge on any atom is 0.307 e. The Hall–Kier alpha value is -2.74. The summed E-state index contributed by atoms with van der Waals surface area (Å²) in [7, 11) is 3.65. The van der Waals surface area contributed by atoms with Crippen LogP contribution in [0, 0.1) is 5.82 Å². The van der Waals surface area contributed by atoms with Crippen molar-refractivity contribution in [3.8, 4) is 0 Å². The van der Waals surface area contributed by atoms with Gasteiger partial charge in [0.15, 0.2) is 0 Å². The van der Waals surface area contributed by atoms with Crippen LogP contribution in [0.1, 0.15) is 27.7 Å². The molecular weight excluding hydrogens is 327 g/mol. The van der Waals surface area contributed by atoms with Crippen LogP contribution < -0.4 is 5.32 Å². The molecule has 1 aromatic heterocycles. The fraction of sp³-hybridized carbons (Fsp3) is 0.353. The number of hydrogen-bond acceptors (Lipinski definition) is 5. The average Bonchev–Trinajstić information content (AvgIpc) is 3.11. The molecule has 0 bridgehead atoms. The van der Waals surface area contributed by atoms with Gasteiger partial charge in [0.05, 0.1) is 19.6 Å². The molecule has 0 saturated heterocycles. The van der Waals surface area contributed by atoms with Crippen molar-refractivity contribution in [2.24, 2.45) is 0 Å². The quantitative estimate of drug-likeness (QED) is 0.879. The Labute approximate surface area is 144 Å². The van der Waals surface area contributed by atoms with E-state index in [9.17, 15) is 14.0 Å². The number of oxazole rings is 1. The van der Waals surface area contributed by atoms with Crippen molar-refractivity contribution in [1.82, 2.24) is 20.1 Å². The lowest BCUT2D eigenvalue weighted by Gasteiger charge is -2.17. The van der Waals surface area contributed by atoms with Crippen LogP contribution in [0.15, 0.2) is 28.7 Å². The largest absolute Gasteiger partial charge is 0.435 e. The molecule has 25 heavy (non-hydrogen) atoms. The molecular formula is C17H19FN4O3. The summed E-state index contributed by atoms with van der Waals surface area (Å²) < 4.78 is 18.6. The molecule has 0 fully saturated rings. The summed E-state index contributed by atoms with van der Waals surface area (Å²) in [6, 6.07) is 5.99. The predicted molar refractivity (Wildman–Crippen MR) is 86.9 cm³/mol. The third-order valence-electron chi connectivity index (χ3n) is 3.79. The van der Waals surface area contributed by atoms with E-state index >= 15 is 0 Å². The van der Waals surface area contributed by atoms with E-state index < -0.39 is 5.91 Å². The van der Waals surface area contributed by atoms with E-state index in [1.165, 1.54) is 12.1 Å². The highest BCUT2D eigenvalue weighted by molar-refractivity contribution is 5.89. The zero-order chi connectivity index (χ0) is 18.0. The van der Waals surface area contributed by atoms with Gasteiger partial charge in [0.25, 0.3) is 5.89 Å². The second kappa shape index (κ2) is 7.02. The van der Waals surface area contributed by atoms with Gasteiger partial charge in [0, 0.05) is 6.54 Å². The zero-order valence-electron chi connectivity index (χ0n) is 14.1. The number of rotatable bonds is 5. The van der Waals surface area contributed by atoms with Crippen molar-refractivity contribution < 1.29 is 18.4 Å². The molecule has 0 saturated carbocycles. The molecule has 1 aliphatic rings. The second-order valence-electron chi connectivity index (χ2n) is 6.19. The summed E-state index contributed by atoms with van der Waals surface area (Å²) in [4.78, 5) is 31.8. The molecule has 7 nitrogen and oxygen atoms in total. The molecule has 0 unspecified atom stereocenters. The monoisotopic (exact) mass is 346 g/mol. The highest BCUT2D eigenvalue weighted by atomic mass is 19.1. The van der Waals surface area contributed by atoms with Crippen molar-refractivity contribution >= 4 is 11.8 Å². The van der Waals surface area contributed by atoms with Crippen LogP contribution in [0.2, 0.25) is 0 Å². The molecule has 1 aliphatic heterocycles. The Kier molecular flexibility index (Phi) is 4.80. The maximum atomic E-state index is 13.1. The number of carbonyl (C=O) groups is 2. The fourth-order valence-electron chi connectivity index (χ4n) is 2.59. The van der Waals surface area contributed by atoms with Gasteiger partial charge in [0.2, 0.25) is 5.91 Å². The molecule has 0 spiro atoms. The van der Waals surface area contributed by atoms with Gasteiger partial charge < -0.3 is 19.5 Å². The molecule has 132 valence electrons. The Balaban J connectivity index is 1.58. The Morgan fingerprint density at radius 3 is 2.84 bits per heavy atom. The fourth-order valence-corrected chi connectivity index (χ4v) is 2.59. The number of fused-ring (bicyclic) bond motifs is 1. The normalized spacial score (nSPS) is 13.2. The molecule has 8 heteroatoms. The number of amides is 2. The van der Waals surface area contributed by atoms with Gasteiger partial charge in [-0.15, -0.1) is 0 Å². The van der Waals surface area contributed by atoms with Crippen LogP contribution in [0.4, 0.5) is 4.39 Å². The summed E-state index contributed by atoms with van der Waals surface area (Å²) in [5, 5.41) is 2.64. The highest BCUT2D eigenvalue weighted by Gasteiger charge is 2.30. The van der Waals surface area contributed by atoms with E-state index in [1.54, 1.807) is 21.9 Å². The molecule has 2 amide bonds. The van der Waals surface area contributed by atoms with Gasteiger partial charge in [-0.1, -0.05) is 12.1 Å². The van der Waals surface area contributed by atoms with Gasteiger partial charge >= 0.3 is 5.91 Å². The number of aromatic nitrogens is 1. The molecule has 2 aromatic rings. The van der Waals surface area contributed by atoms with E-state index in [0.717, 1.165) is 0 Å². The Morgan fingerprint density at radius 1 is 1.36 bits per heavy atom. The van der Waals surface area contributed by atoms with E-state index in [0.29, 0.717) is 36.7 Å². The maximum absolute atomic E-state index is 13.1. The summed E-state index contributed by atoms with van der Waals surface area (Å²) in [5.74, 6) is -0.353. The minimum Gasteiger partial charge on any atom is -0.435 e. The molecule has 0 atom stereocenters. The number of nitrogens with one attached hydrogen (secondary N) is 1. The SMILES string of the molecule is CN(C)CC(=O)N1Cc2nc(C(=O)NCc3cccc(F)c3)oc2C1. The smallest absolute Gasteiger partial charge is 0.307 e. The van der Waals surface area contributed by atoms with Crippen LogP contribution in [0.5, 0.6) is 0 Å². The predicted octanol–water partition coefficient (Wildman–Crippen LogP) is 1.15. The minimum atomic E-state index is -0.468. The number of nitrogens with zero attached hydrogens (tertiary/aromatic N) is 3. The van der Waals surface area contributed by atoms with Crippen LogP contribution in [0.25, 0.3) is 0 Å². The molecule has 0 aliphatic carbocycles. The average molecular weight is 346 g/mol. The van der Waals surface area contributed by atoms with Crippen molar-refractivity contribution in [3.05, 3.63) is 53.0 Å². The Morgan fingerprint density at radius 2 is 2.16 bits per heavy atom. The number of halogens is 1. The van der Waals surface area contributed by atoms with Crippen molar-refractivity contribution in [3.63, 3.8) is 0 Å². The van der Waals surface area contributed by atoms with Crippen LogP contribution >= 0.6 is 0 Å². The number of likely N-dealkylation sites (N-methyl/N-ethyl adjacent to an activating group) is 1. The van der Waals surface area contributed by atoms with Gasteiger partial charge in [0.1, 0.15) is 17.3 Å². The lowest BCUT2D eigenvalue weighted by molar-refractivity contribution is -0.132. The minimum absolute atomic E-state index is 0.0182. The van der Waals surface area contributed by atoms with Gasteiger partial charge in [-0.2, -0.15) is 0 Å². The molecule has 1 aromatic carbocycles. The van der Waals surface area contributed by atoms with Crippen LogP contribution in [0.3, 0.4) is 0 Å². The lowest BCUT2D eigenvalue weighted by atomic mass is 10.2.